The maximum Gasteiger partial charge on any atom is 0.337 e. The van der Waals surface area contributed by atoms with Crippen molar-refractivity contribution in [2.45, 2.75) is 13.1 Å². The van der Waals surface area contributed by atoms with Gasteiger partial charge in [0.25, 0.3) is 5.56 Å². The topological polar surface area (TPSA) is 87.8 Å². The summed E-state index contributed by atoms with van der Waals surface area (Å²) in [7, 11) is 3.00. The number of hydrogen-bond donors (Lipinski definition) is 1. The van der Waals surface area contributed by atoms with Crippen LogP contribution in [0, 0.1) is 0 Å². The summed E-state index contributed by atoms with van der Waals surface area (Å²) >= 11 is 0. The average molecular weight is 422 g/mol. The number of esters is 1. The van der Waals surface area contributed by atoms with Crippen molar-refractivity contribution < 1.29 is 14.3 Å². The van der Waals surface area contributed by atoms with Crippen molar-refractivity contribution in [2.24, 2.45) is 0 Å². The summed E-state index contributed by atoms with van der Waals surface area (Å²) in [6.07, 6.45) is 0. The molecule has 2 aromatic carbocycles. The fourth-order valence-corrected chi connectivity index (χ4v) is 3.81. The van der Waals surface area contributed by atoms with E-state index in [0.29, 0.717) is 28.8 Å². The van der Waals surface area contributed by atoms with Crippen LogP contribution in [0.1, 0.15) is 21.7 Å². The van der Waals surface area contributed by atoms with Gasteiger partial charge in [0.1, 0.15) is 11.6 Å². The minimum absolute atomic E-state index is 0.199. The lowest BCUT2D eigenvalue weighted by molar-refractivity contribution is 0.0601. The van der Waals surface area contributed by atoms with Crippen LogP contribution in [0.25, 0.3) is 10.9 Å². The molecule has 8 nitrogen and oxygen atoms in total. The molecule has 1 saturated heterocycles. The van der Waals surface area contributed by atoms with Crippen molar-refractivity contribution in [3.8, 4) is 5.75 Å². The van der Waals surface area contributed by atoms with Crippen molar-refractivity contribution >= 4 is 16.9 Å². The fraction of sp³-hybridized carbons (Fsp3) is 0.348. The van der Waals surface area contributed by atoms with Gasteiger partial charge in [0.05, 0.1) is 37.2 Å². The molecule has 0 spiro atoms. The highest BCUT2D eigenvalue weighted by Gasteiger charge is 2.18. The van der Waals surface area contributed by atoms with Crippen molar-refractivity contribution in [3.63, 3.8) is 0 Å². The Kier molecular flexibility index (Phi) is 6.29. The van der Waals surface area contributed by atoms with Crippen molar-refractivity contribution in [1.29, 1.82) is 0 Å². The molecule has 3 aromatic rings. The molecular formula is C23H26N4O4. The van der Waals surface area contributed by atoms with Crippen LogP contribution in [-0.2, 0) is 17.8 Å². The third-order valence-electron chi connectivity index (χ3n) is 5.58. The van der Waals surface area contributed by atoms with E-state index in [1.165, 1.54) is 12.7 Å². The number of fused-ring (bicyclic) bond motifs is 1. The number of rotatable bonds is 6. The monoisotopic (exact) mass is 422 g/mol. The first-order chi connectivity index (χ1) is 15.1. The van der Waals surface area contributed by atoms with Gasteiger partial charge >= 0.3 is 5.97 Å². The molecule has 8 heteroatoms. The first kappa shape index (κ1) is 21.0. The van der Waals surface area contributed by atoms with E-state index in [-0.39, 0.29) is 5.56 Å². The highest BCUT2D eigenvalue weighted by atomic mass is 16.5. The van der Waals surface area contributed by atoms with E-state index in [2.05, 4.69) is 31.9 Å². The highest BCUT2D eigenvalue weighted by Crippen LogP contribution is 2.15. The summed E-state index contributed by atoms with van der Waals surface area (Å²) in [5.41, 5.74) is 1.94. The first-order valence-electron chi connectivity index (χ1n) is 10.2. The zero-order valence-electron chi connectivity index (χ0n) is 17.8. The van der Waals surface area contributed by atoms with Crippen molar-refractivity contribution in [2.75, 3.05) is 40.4 Å². The highest BCUT2D eigenvalue weighted by molar-refractivity contribution is 5.93. The minimum Gasteiger partial charge on any atom is -0.497 e. The number of ether oxygens (including phenoxy) is 2. The number of methoxy groups -OCH3 is 2. The zero-order valence-corrected chi connectivity index (χ0v) is 17.8. The van der Waals surface area contributed by atoms with Crippen LogP contribution >= 0.6 is 0 Å². The Morgan fingerprint density at radius 1 is 1.00 bits per heavy atom. The molecule has 31 heavy (non-hydrogen) atoms. The molecule has 162 valence electrons. The van der Waals surface area contributed by atoms with Gasteiger partial charge in [-0.2, -0.15) is 0 Å². The molecule has 0 saturated carbocycles. The summed E-state index contributed by atoms with van der Waals surface area (Å²) < 4.78 is 9.97. The summed E-state index contributed by atoms with van der Waals surface area (Å²) in [6.45, 7) is 5.12. The summed E-state index contributed by atoms with van der Waals surface area (Å²) in [5.74, 6) is 1.02. The van der Waals surface area contributed by atoms with Gasteiger partial charge in [0, 0.05) is 32.7 Å². The lowest BCUT2D eigenvalue weighted by atomic mass is 10.1. The third-order valence-corrected chi connectivity index (χ3v) is 5.58. The Bertz CT molecular complexity index is 1120. The van der Waals surface area contributed by atoms with Gasteiger partial charge in [0.15, 0.2) is 0 Å². The molecule has 4 rings (SSSR count). The molecule has 0 radical (unpaired) electrons. The van der Waals surface area contributed by atoms with E-state index < -0.39 is 5.97 Å². The molecule has 0 aliphatic carbocycles. The molecule has 1 N–H and O–H groups in total. The SMILES string of the molecule is COC(=O)c1ccc2c(=O)[nH]c(CN3CCN(Cc4ccc(OC)cc4)CC3)nc2c1. The van der Waals surface area contributed by atoms with Crippen LogP contribution in [0.4, 0.5) is 0 Å². The first-order valence-corrected chi connectivity index (χ1v) is 10.2. The number of piperazine rings is 1. The number of carbonyl (C=O) groups excluding carboxylic acids is 1. The summed E-state index contributed by atoms with van der Waals surface area (Å²) in [5, 5.41) is 0.459. The van der Waals surface area contributed by atoms with Gasteiger partial charge < -0.3 is 14.5 Å². The molecule has 1 fully saturated rings. The molecule has 0 unspecified atom stereocenters. The number of H-pyrrole nitrogens is 1. The van der Waals surface area contributed by atoms with E-state index in [9.17, 15) is 9.59 Å². The number of aromatic nitrogens is 2. The van der Waals surface area contributed by atoms with E-state index >= 15 is 0 Å². The van der Waals surface area contributed by atoms with E-state index in [1.807, 2.05) is 12.1 Å². The van der Waals surface area contributed by atoms with Crippen molar-refractivity contribution in [3.05, 3.63) is 69.8 Å². The van der Waals surface area contributed by atoms with Crippen LogP contribution in [-0.4, -0.2) is 66.1 Å². The van der Waals surface area contributed by atoms with Gasteiger partial charge in [-0.15, -0.1) is 0 Å². The summed E-state index contributed by atoms with van der Waals surface area (Å²) in [4.78, 5) is 36.4. The standard InChI is InChI=1S/C23H26N4O4/c1-30-18-6-3-16(4-7-18)14-26-9-11-27(12-10-26)15-21-24-20-13-17(23(29)31-2)5-8-19(20)22(28)25-21/h3-8,13H,9-12,14-15H2,1-2H3,(H,24,25,28). The maximum atomic E-state index is 12.4. The van der Waals surface area contributed by atoms with Gasteiger partial charge in [-0.25, -0.2) is 9.78 Å². The second-order valence-corrected chi connectivity index (χ2v) is 7.64. The number of benzene rings is 2. The van der Waals surface area contributed by atoms with Gasteiger partial charge in [-0.3, -0.25) is 14.6 Å². The Balaban J connectivity index is 1.39. The molecule has 1 aromatic heterocycles. The second-order valence-electron chi connectivity index (χ2n) is 7.64. The third kappa shape index (κ3) is 4.92. The maximum absolute atomic E-state index is 12.4. The number of hydrogen-bond acceptors (Lipinski definition) is 7. The largest absolute Gasteiger partial charge is 0.497 e. The average Bonchev–Trinajstić information content (AvgIpc) is 2.80. The van der Waals surface area contributed by atoms with E-state index in [0.717, 1.165) is 38.5 Å². The lowest BCUT2D eigenvalue weighted by Gasteiger charge is -2.34. The van der Waals surface area contributed by atoms with E-state index in [4.69, 9.17) is 9.47 Å². The molecule has 1 aliphatic heterocycles. The Morgan fingerprint density at radius 2 is 1.68 bits per heavy atom. The van der Waals surface area contributed by atoms with Crippen molar-refractivity contribution in [1.82, 2.24) is 19.8 Å². The van der Waals surface area contributed by atoms with Crippen LogP contribution < -0.4 is 10.3 Å². The molecule has 2 heterocycles. The quantitative estimate of drug-likeness (QED) is 0.608. The second kappa shape index (κ2) is 9.28. The van der Waals surface area contributed by atoms with Crippen LogP contribution in [0.15, 0.2) is 47.3 Å². The number of nitrogens with zero attached hydrogens (tertiary/aromatic N) is 3. The van der Waals surface area contributed by atoms with Crippen LogP contribution in [0.5, 0.6) is 5.75 Å². The van der Waals surface area contributed by atoms with E-state index in [1.54, 1.807) is 25.3 Å². The van der Waals surface area contributed by atoms with Gasteiger partial charge in [-0.05, 0) is 35.9 Å². The molecule has 0 amide bonds. The number of carbonyl (C=O) groups is 1. The summed E-state index contributed by atoms with van der Waals surface area (Å²) in [6, 6.07) is 12.9. The number of aromatic amines is 1. The molecule has 1 aliphatic rings. The number of nitrogens with one attached hydrogen (secondary N) is 1. The predicted octanol–water partition coefficient (Wildman–Crippen LogP) is 2.04. The predicted molar refractivity (Wildman–Crippen MR) is 117 cm³/mol. The smallest absolute Gasteiger partial charge is 0.337 e. The normalized spacial score (nSPS) is 15.2. The van der Waals surface area contributed by atoms with Gasteiger partial charge in [0.2, 0.25) is 0 Å². The molecular weight excluding hydrogens is 396 g/mol. The lowest BCUT2D eigenvalue weighted by Crippen LogP contribution is -2.45. The Labute approximate surface area is 180 Å². The molecule has 0 bridgehead atoms. The zero-order chi connectivity index (χ0) is 21.8. The minimum atomic E-state index is -0.446. The Hall–Kier alpha value is -3.23. The molecule has 0 atom stereocenters. The van der Waals surface area contributed by atoms with Gasteiger partial charge in [-0.1, -0.05) is 12.1 Å². The Morgan fingerprint density at radius 3 is 2.32 bits per heavy atom. The van der Waals surface area contributed by atoms with Crippen LogP contribution in [0.3, 0.4) is 0 Å². The van der Waals surface area contributed by atoms with Crippen LogP contribution in [0.2, 0.25) is 0 Å². The fourth-order valence-electron chi connectivity index (χ4n) is 3.81.